The summed E-state index contributed by atoms with van der Waals surface area (Å²) in [7, 11) is 0.192. The number of esters is 1. The second-order valence-electron chi connectivity index (χ2n) is 3.35. The zero-order chi connectivity index (χ0) is 10.8. The highest BCUT2D eigenvalue weighted by Gasteiger charge is 2.05. The minimum atomic E-state index is -0.0194. The summed E-state index contributed by atoms with van der Waals surface area (Å²) in [6, 6.07) is 0. The Morgan fingerprint density at radius 1 is 1.21 bits per heavy atom. The lowest BCUT2D eigenvalue weighted by Gasteiger charge is -2.12. The van der Waals surface area contributed by atoms with Gasteiger partial charge in [0.2, 0.25) is 0 Å². The summed E-state index contributed by atoms with van der Waals surface area (Å²) in [6.45, 7) is 7.07. The summed E-state index contributed by atoms with van der Waals surface area (Å²) in [5, 5.41) is 0. The van der Waals surface area contributed by atoms with Crippen LogP contribution < -0.4 is 0 Å². The molecular formula is C11H23O2P. The number of carbonyl (C=O) groups is 1. The van der Waals surface area contributed by atoms with E-state index < -0.39 is 0 Å². The maximum atomic E-state index is 11.1. The monoisotopic (exact) mass is 218 g/mol. The molecule has 0 fully saturated rings. The van der Waals surface area contributed by atoms with Gasteiger partial charge in [-0.1, -0.05) is 20.8 Å². The molecule has 0 heterocycles. The van der Waals surface area contributed by atoms with Crippen LogP contribution in [0.4, 0.5) is 0 Å². The predicted molar refractivity (Wildman–Crippen MR) is 63.4 cm³/mol. The first kappa shape index (κ1) is 13.9. The molecule has 0 spiro atoms. The topological polar surface area (TPSA) is 26.3 Å². The zero-order valence-corrected chi connectivity index (χ0v) is 10.6. The molecule has 0 N–H and O–H groups in total. The van der Waals surface area contributed by atoms with Gasteiger partial charge < -0.3 is 4.74 Å². The van der Waals surface area contributed by atoms with Crippen molar-refractivity contribution in [2.45, 2.75) is 40.0 Å². The zero-order valence-electron chi connectivity index (χ0n) is 9.71. The Morgan fingerprint density at radius 3 is 2.36 bits per heavy atom. The van der Waals surface area contributed by atoms with Gasteiger partial charge in [0.25, 0.3) is 0 Å². The summed E-state index contributed by atoms with van der Waals surface area (Å²) in [4.78, 5) is 11.1. The maximum absolute atomic E-state index is 11.1. The Morgan fingerprint density at radius 2 is 1.86 bits per heavy atom. The molecule has 0 aliphatic carbocycles. The third kappa shape index (κ3) is 7.32. The van der Waals surface area contributed by atoms with Crippen LogP contribution in [-0.4, -0.2) is 31.1 Å². The van der Waals surface area contributed by atoms with Gasteiger partial charge in [0.15, 0.2) is 0 Å². The van der Waals surface area contributed by atoms with Gasteiger partial charge in [0.05, 0.1) is 6.61 Å². The third-order valence-electron chi connectivity index (χ3n) is 2.22. The molecule has 0 atom stereocenters. The Balaban J connectivity index is 3.38. The van der Waals surface area contributed by atoms with Gasteiger partial charge >= 0.3 is 5.97 Å². The first-order chi connectivity index (χ1) is 6.74. The van der Waals surface area contributed by atoms with Gasteiger partial charge in [-0.15, -0.1) is 7.92 Å². The Hall–Kier alpha value is -0.100. The second kappa shape index (κ2) is 9.45. The summed E-state index contributed by atoms with van der Waals surface area (Å²) in [5.41, 5.74) is 0. The molecule has 0 aliphatic heterocycles. The molecule has 0 aliphatic rings. The fraction of sp³-hybridized carbons (Fsp3) is 0.909. The normalized spacial score (nSPS) is 10.6. The highest BCUT2D eigenvalue weighted by atomic mass is 31.1. The highest BCUT2D eigenvalue weighted by molar-refractivity contribution is 7.57. The van der Waals surface area contributed by atoms with Crippen LogP contribution in [0.15, 0.2) is 0 Å². The average molecular weight is 218 g/mol. The number of hydrogen-bond donors (Lipinski definition) is 0. The van der Waals surface area contributed by atoms with E-state index in [1.807, 2.05) is 6.92 Å². The third-order valence-corrected chi connectivity index (χ3v) is 4.95. The predicted octanol–water partition coefficient (Wildman–Crippen LogP) is 3.24. The molecule has 0 rings (SSSR count). The maximum Gasteiger partial charge on any atom is 0.305 e. The van der Waals surface area contributed by atoms with Crippen molar-refractivity contribution in [3.8, 4) is 0 Å². The van der Waals surface area contributed by atoms with Crippen molar-refractivity contribution in [3.63, 3.8) is 0 Å². The lowest BCUT2D eigenvalue weighted by molar-refractivity contribution is -0.143. The first-order valence-corrected chi connectivity index (χ1v) is 7.52. The molecule has 0 amide bonds. The number of hydrogen-bond acceptors (Lipinski definition) is 2. The van der Waals surface area contributed by atoms with E-state index in [-0.39, 0.29) is 13.9 Å². The fourth-order valence-corrected chi connectivity index (χ4v) is 2.96. The molecule has 84 valence electrons. The van der Waals surface area contributed by atoms with Crippen LogP contribution in [0.5, 0.6) is 0 Å². The van der Waals surface area contributed by atoms with Crippen LogP contribution in [0, 0.1) is 0 Å². The van der Waals surface area contributed by atoms with Crippen LogP contribution in [0.3, 0.4) is 0 Å². The van der Waals surface area contributed by atoms with Crippen LogP contribution in [0.2, 0.25) is 0 Å². The van der Waals surface area contributed by atoms with Gasteiger partial charge in [-0.2, -0.15) is 0 Å². The molecule has 2 nitrogen and oxygen atoms in total. The number of carbonyl (C=O) groups excluding carboxylic acids is 1. The molecule has 14 heavy (non-hydrogen) atoms. The lowest BCUT2D eigenvalue weighted by Crippen LogP contribution is -2.05. The molecule has 0 radical (unpaired) electrons. The largest absolute Gasteiger partial charge is 0.466 e. The Labute approximate surface area is 89.2 Å². The molecule has 0 aromatic rings. The lowest BCUT2D eigenvalue weighted by atomic mass is 10.3. The van der Waals surface area contributed by atoms with Crippen molar-refractivity contribution in [2.75, 3.05) is 25.1 Å². The molecule has 0 saturated carbocycles. The summed E-state index contributed by atoms with van der Waals surface area (Å²) in [5.74, 6) is -0.0194. The van der Waals surface area contributed by atoms with E-state index in [0.29, 0.717) is 13.0 Å². The number of rotatable bonds is 8. The molecule has 0 aromatic carbocycles. The fourth-order valence-electron chi connectivity index (χ4n) is 1.27. The molecule has 0 unspecified atom stereocenters. The summed E-state index contributed by atoms with van der Waals surface area (Å²) >= 11 is 0. The molecule has 0 aromatic heterocycles. The Kier molecular flexibility index (Phi) is 9.39. The molecule has 0 bridgehead atoms. The van der Waals surface area contributed by atoms with E-state index in [0.717, 1.165) is 12.8 Å². The van der Waals surface area contributed by atoms with Crippen LogP contribution >= 0.6 is 7.92 Å². The quantitative estimate of drug-likeness (QED) is 0.462. The highest BCUT2D eigenvalue weighted by Crippen LogP contribution is 2.34. The smallest absolute Gasteiger partial charge is 0.305 e. The van der Waals surface area contributed by atoms with Crippen molar-refractivity contribution in [1.82, 2.24) is 0 Å². The average Bonchev–Trinajstić information content (AvgIpc) is 2.21. The SMILES string of the molecule is CCCOC(=O)CCCP(CC)CC. The Bertz CT molecular complexity index is 144. The molecule has 3 heteroatoms. The summed E-state index contributed by atoms with van der Waals surface area (Å²) in [6.07, 6.45) is 6.34. The molecule has 0 saturated heterocycles. The van der Waals surface area contributed by atoms with Crippen LogP contribution in [0.25, 0.3) is 0 Å². The second-order valence-corrected chi connectivity index (χ2v) is 6.40. The van der Waals surface area contributed by atoms with Crippen LogP contribution in [-0.2, 0) is 9.53 Å². The van der Waals surface area contributed by atoms with E-state index in [1.165, 1.54) is 18.5 Å². The number of ether oxygens (including phenoxy) is 1. The van der Waals surface area contributed by atoms with E-state index in [1.54, 1.807) is 0 Å². The van der Waals surface area contributed by atoms with Crippen molar-refractivity contribution in [2.24, 2.45) is 0 Å². The molecular weight excluding hydrogens is 195 g/mol. The standard InChI is InChI=1S/C11H23O2P/c1-4-9-13-11(12)8-7-10-14(5-2)6-3/h4-10H2,1-3H3. The summed E-state index contributed by atoms with van der Waals surface area (Å²) < 4.78 is 5.01. The van der Waals surface area contributed by atoms with Gasteiger partial charge in [-0.25, -0.2) is 0 Å². The van der Waals surface area contributed by atoms with Crippen molar-refractivity contribution < 1.29 is 9.53 Å². The first-order valence-electron chi connectivity index (χ1n) is 5.62. The van der Waals surface area contributed by atoms with Gasteiger partial charge in [-0.3, -0.25) is 4.79 Å². The van der Waals surface area contributed by atoms with Gasteiger partial charge in [0.1, 0.15) is 0 Å². The van der Waals surface area contributed by atoms with Crippen LogP contribution in [0.1, 0.15) is 40.0 Å². The van der Waals surface area contributed by atoms with E-state index in [9.17, 15) is 4.79 Å². The minimum absolute atomic E-state index is 0.0194. The van der Waals surface area contributed by atoms with E-state index in [2.05, 4.69) is 13.8 Å². The van der Waals surface area contributed by atoms with Crippen molar-refractivity contribution in [1.29, 1.82) is 0 Å². The van der Waals surface area contributed by atoms with Gasteiger partial charge in [0, 0.05) is 6.42 Å². The van der Waals surface area contributed by atoms with E-state index >= 15 is 0 Å². The van der Waals surface area contributed by atoms with E-state index in [4.69, 9.17) is 4.74 Å². The van der Waals surface area contributed by atoms with Gasteiger partial charge in [-0.05, 0) is 31.3 Å². The minimum Gasteiger partial charge on any atom is -0.466 e. The van der Waals surface area contributed by atoms with Crippen molar-refractivity contribution >= 4 is 13.9 Å². The van der Waals surface area contributed by atoms with Crippen molar-refractivity contribution in [3.05, 3.63) is 0 Å².